The zero-order valence-corrected chi connectivity index (χ0v) is 14.7. The fourth-order valence-electron chi connectivity index (χ4n) is 2.42. The van der Waals surface area contributed by atoms with Gasteiger partial charge >= 0.3 is 0 Å². The number of aryl methyl sites for hydroxylation is 1. The van der Waals surface area contributed by atoms with Gasteiger partial charge < -0.3 is 9.55 Å². The molecule has 0 aliphatic heterocycles. The topological polar surface area (TPSA) is 76.5 Å². The van der Waals surface area contributed by atoms with E-state index in [4.69, 9.17) is 0 Å². The molecular weight excluding hydrogens is 322 g/mol. The van der Waals surface area contributed by atoms with E-state index in [1.54, 1.807) is 6.92 Å². The average Bonchev–Trinajstić information content (AvgIpc) is 2.96. The van der Waals surface area contributed by atoms with Gasteiger partial charge in [0.1, 0.15) is 11.6 Å². The van der Waals surface area contributed by atoms with Gasteiger partial charge in [0.2, 0.25) is 0 Å². The first kappa shape index (κ1) is 16.4. The van der Waals surface area contributed by atoms with Crippen molar-refractivity contribution in [2.45, 2.75) is 31.2 Å². The maximum atomic E-state index is 12.2. The summed E-state index contributed by atoms with van der Waals surface area (Å²) < 4.78 is 1.98. The van der Waals surface area contributed by atoms with Gasteiger partial charge in [-0.2, -0.15) is 0 Å². The van der Waals surface area contributed by atoms with E-state index in [1.165, 1.54) is 11.8 Å². The van der Waals surface area contributed by atoms with Gasteiger partial charge in [-0.1, -0.05) is 49.0 Å². The first-order valence-corrected chi connectivity index (χ1v) is 8.75. The van der Waals surface area contributed by atoms with Crippen molar-refractivity contribution < 1.29 is 0 Å². The molecule has 6 nitrogen and oxygen atoms in total. The van der Waals surface area contributed by atoms with Crippen LogP contribution in [-0.4, -0.2) is 24.7 Å². The Hall–Kier alpha value is -2.41. The van der Waals surface area contributed by atoms with Gasteiger partial charge in [0.25, 0.3) is 5.56 Å². The highest BCUT2D eigenvalue weighted by Gasteiger charge is 2.12. The van der Waals surface area contributed by atoms with E-state index in [0.717, 1.165) is 23.6 Å². The summed E-state index contributed by atoms with van der Waals surface area (Å²) in [6, 6.07) is 9.74. The van der Waals surface area contributed by atoms with Crippen molar-refractivity contribution in [3.8, 4) is 11.3 Å². The molecule has 0 spiro atoms. The van der Waals surface area contributed by atoms with Crippen molar-refractivity contribution in [1.82, 2.24) is 24.7 Å². The van der Waals surface area contributed by atoms with Crippen LogP contribution in [0.25, 0.3) is 11.3 Å². The van der Waals surface area contributed by atoms with Crippen LogP contribution >= 0.6 is 11.8 Å². The van der Waals surface area contributed by atoms with E-state index in [1.807, 2.05) is 48.9 Å². The second-order valence-corrected chi connectivity index (χ2v) is 6.41. The summed E-state index contributed by atoms with van der Waals surface area (Å²) in [7, 11) is 1.95. The van der Waals surface area contributed by atoms with E-state index >= 15 is 0 Å². The standard InChI is InChI=1S/C17H19N5OS/c1-4-13-20-21-14(22(13)3)10-24-17-18-15(11(2)16(23)19-17)12-8-6-5-7-9-12/h5-9H,4,10H2,1-3H3,(H,18,19,23). The summed E-state index contributed by atoms with van der Waals surface area (Å²) in [6.45, 7) is 3.84. The summed E-state index contributed by atoms with van der Waals surface area (Å²) >= 11 is 1.45. The average molecular weight is 341 g/mol. The first-order chi connectivity index (χ1) is 11.6. The molecule has 0 saturated heterocycles. The lowest BCUT2D eigenvalue weighted by Crippen LogP contribution is -2.14. The predicted octanol–water partition coefficient (Wildman–Crippen LogP) is 2.73. The minimum atomic E-state index is -0.112. The number of H-pyrrole nitrogens is 1. The Bertz CT molecular complexity index is 901. The SMILES string of the molecule is CCc1nnc(CSc2nc(-c3ccccc3)c(C)c(=O)[nH]2)n1C. The fourth-order valence-corrected chi connectivity index (χ4v) is 3.26. The van der Waals surface area contributed by atoms with Crippen molar-refractivity contribution in [1.29, 1.82) is 0 Å². The molecule has 0 fully saturated rings. The third-order valence-corrected chi connectivity index (χ3v) is 4.76. The lowest BCUT2D eigenvalue weighted by molar-refractivity contribution is 0.780. The van der Waals surface area contributed by atoms with E-state index in [0.29, 0.717) is 22.2 Å². The molecule has 124 valence electrons. The zero-order valence-electron chi connectivity index (χ0n) is 13.9. The Balaban J connectivity index is 1.88. The third-order valence-electron chi connectivity index (χ3n) is 3.89. The summed E-state index contributed by atoms with van der Waals surface area (Å²) in [4.78, 5) is 19.7. The molecule has 24 heavy (non-hydrogen) atoms. The number of hydrogen-bond acceptors (Lipinski definition) is 5. The number of rotatable bonds is 5. The minimum Gasteiger partial charge on any atom is -0.317 e. The second-order valence-electron chi connectivity index (χ2n) is 5.44. The molecule has 0 radical (unpaired) electrons. The monoisotopic (exact) mass is 341 g/mol. The van der Waals surface area contributed by atoms with Gasteiger partial charge in [-0.05, 0) is 6.92 Å². The molecule has 0 aliphatic carbocycles. The number of thioether (sulfide) groups is 1. The number of aromatic amines is 1. The Morgan fingerprint density at radius 2 is 1.88 bits per heavy atom. The Morgan fingerprint density at radius 1 is 1.17 bits per heavy atom. The van der Waals surface area contributed by atoms with Crippen LogP contribution < -0.4 is 5.56 Å². The maximum Gasteiger partial charge on any atom is 0.255 e. The second kappa shape index (κ2) is 7.00. The molecule has 2 heterocycles. The Morgan fingerprint density at radius 3 is 2.54 bits per heavy atom. The molecule has 0 saturated carbocycles. The number of benzene rings is 1. The van der Waals surface area contributed by atoms with E-state index < -0.39 is 0 Å². The Labute approximate surface area is 144 Å². The smallest absolute Gasteiger partial charge is 0.255 e. The molecule has 3 rings (SSSR count). The molecule has 3 aromatic rings. The van der Waals surface area contributed by atoms with Gasteiger partial charge in [-0.25, -0.2) is 4.98 Å². The van der Waals surface area contributed by atoms with Crippen LogP contribution in [0.4, 0.5) is 0 Å². The van der Waals surface area contributed by atoms with Crippen LogP contribution in [0.1, 0.15) is 24.1 Å². The van der Waals surface area contributed by atoms with Crippen LogP contribution in [0.3, 0.4) is 0 Å². The summed E-state index contributed by atoms with van der Waals surface area (Å²) in [6.07, 6.45) is 0.839. The molecule has 0 bridgehead atoms. The Kier molecular flexibility index (Phi) is 4.80. The molecular formula is C17H19N5OS. The van der Waals surface area contributed by atoms with Crippen molar-refractivity contribution >= 4 is 11.8 Å². The van der Waals surface area contributed by atoms with Crippen LogP contribution in [0.5, 0.6) is 0 Å². The van der Waals surface area contributed by atoms with E-state index in [2.05, 4.69) is 20.2 Å². The normalized spacial score (nSPS) is 11.0. The summed E-state index contributed by atoms with van der Waals surface area (Å²) in [5.41, 5.74) is 2.17. The highest BCUT2D eigenvalue weighted by molar-refractivity contribution is 7.98. The molecule has 0 aliphatic rings. The van der Waals surface area contributed by atoms with Crippen molar-refractivity contribution in [3.63, 3.8) is 0 Å². The summed E-state index contributed by atoms with van der Waals surface area (Å²) in [5.74, 6) is 2.41. The molecule has 0 atom stereocenters. The van der Waals surface area contributed by atoms with E-state index in [9.17, 15) is 4.79 Å². The van der Waals surface area contributed by atoms with E-state index in [-0.39, 0.29) is 5.56 Å². The maximum absolute atomic E-state index is 12.2. The van der Waals surface area contributed by atoms with Gasteiger partial charge in [0.15, 0.2) is 5.16 Å². The van der Waals surface area contributed by atoms with Crippen LogP contribution in [-0.2, 0) is 19.2 Å². The lowest BCUT2D eigenvalue weighted by Gasteiger charge is -2.07. The van der Waals surface area contributed by atoms with Gasteiger partial charge in [0.05, 0.1) is 11.4 Å². The number of nitrogens with zero attached hydrogens (tertiary/aromatic N) is 4. The molecule has 0 unspecified atom stereocenters. The minimum absolute atomic E-state index is 0.112. The molecule has 2 aromatic heterocycles. The van der Waals surface area contributed by atoms with Crippen molar-refractivity contribution in [2.75, 3.05) is 0 Å². The fraction of sp³-hybridized carbons (Fsp3) is 0.294. The molecule has 1 N–H and O–H groups in total. The predicted molar refractivity (Wildman–Crippen MR) is 95.0 cm³/mol. The van der Waals surface area contributed by atoms with Crippen LogP contribution in [0, 0.1) is 6.92 Å². The van der Waals surface area contributed by atoms with Crippen molar-refractivity contribution in [2.24, 2.45) is 7.05 Å². The number of aromatic nitrogens is 5. The largest absolute Gasteiger partial charge is 0.317 e. The number of hydrogen-bond donors (Lipinski definition) is 1. The quantitative estimate of drug-likeness (QED) is 0.570. The summed E-state index contributed by atoms with van der Waals surface area (Å²) in [5, 5.41) is 8.93. The van der Waals surface area contributed by atoms with Gasteiger partial charge in [-0.3, -0.25) is 4.79 Å². The van der Waals surface area contributed by atoms with Crippen LogP contribution in [0.2, 0.25) is 0 Å². The zero-order chi connectivity index (χ0) is 17.1. The first-order valence-electron chi connectivity index (χ1n) is 7.76. The molecule has 7 heteroatoms. The third kappa shape index (κ3) is 3.26. The van der Waals surface area contributed by atoms with Gasteiger partial charge in [-0.15, -0.1) is 10.2 Å². The van der Waals surface area contributed by atoms with Crippen LogP contribution in [0.15, 0.2) is 40.3 Å². The molecule has 0 amide bonds. The van der Waals surface area contributed by atoms with Crippen molar-refractivity contribution in [3.05, 3.63) is 57.9 Å². The number of nitrogens with one attached hydrogen (secondary N) is 1. The highest BCUT2D eigenvalue weighted by Crippen LogP contribution is 2.23. The lowest BCUT2D eigenvalue weighted by atomic mass is 10.1. The highest BCUT2D eigenvalue weighted by atomic mass is 32.2. The van der Waals surface area contributed by atoms with Gasteiger partial charge in [0, 0.05) is 24.6 Å². The molecule has 1 aromatic carbocycles.